The van der Waals surface area contributed by atoms with Gasteiger partial charge in [0.1, 0.15) is 17.5 Å². The van der Waals surface area contributed by atoms with Crippen molar-refractivity contribution in [3.8, 4) is 11.1 Å². The van der Waals surface area contributed by atoms with E-state index in [-0.39, 0.29) is 10.8 Å². The Labute approximate surface area is 185 Å². The van der Waals surface area contributed by atoms with Crippen LogP contribution in [0, 0.1) is 12.7 Å². The summed E-state index contributed by atoms with van der Waals surface area (Å²) in [6.07, 6.45) is 1.70. The van der Waals surface area contributed by atoms with Gasteiger partial charge in [-0.05, 0) is 60.0 Å². The van der Waals surface area contributed by atoms with Gasteiger partial charge in [0, 0.05) is 37.4 Å². The van der Waals surface area contributed by atoms with Crippen LogP contribution in [0.15, 0.2) is 53.7 Å². The zero-order chi connectivity index (χ0) is 22.2. The van der Waals surface area contributed by atoms with Crippen LogP contribution in [0.3, 0.4) is 0 Å². The lowest BCUT2D eigenvalue weighted by Crippen LogP contribution is -2.47. The number of anilines is 2. The Balaban J connectivity index is 1.52. The molecule has 3 heterocycles. The number of benzene rings is 1. The highest BCUT2D eigenvalue weighted by Gasteiger charge is 2.21. The summed E-state index contributed by atoms with van der Waals surface area (Å²) in [7, 11) is -3.85. The topological polar surface area (TPSA) is 92.4 Å². The molecule has 0 unspecified atom stereocenters. The van der Waals surface area contributed by atoms with Gasteiger partial charge < -0.3 is 9.80 Å². The van der Waals surface area contributed by atoms with Crippen molar-refractivity contribution in [2.24, 2.45) is 5.14 Å². The smallest absolute Gasteiger partial charge is 0.255 e. The number of primary sulfonamides is 1. The van der Waals surface area contributed by atoms with Crippen LogP contribution in [-0.2, 0) is 10.0 Å². The van der Waals surface area contributed by atoms with Gasteiger partial charge in [-0.15, -0.1) is 0 Å². The number of pyridine rings is 2. The third-order valence-electron chi connectivity index (χ3n) is 5.29. The lowest BCUT2D eigenvalue weighted by Gasteiger charge is -2.36. The molecule has 1 saturated heterocycles. The molecule has 0 saturated carbocycles. The van der Waals surface area contributed by atoms with Crippen molar-refractivity contribution in [3.05, 3.63) is 65.1 Å². The van der Waals surface area contributed by atoms with Crippen LogP contribution in [0.1, 0.15) is 5.56 Å². The third kappa shape index (κ3) is 4.63. The molecule has 31 heavy (non-hydrogen) atoms. The van der Waals surface area contributed by atoms with Crippen LogP contribution in [0.2, 0.25) is 5.02 Å². The number of sulfonamides is 1. The zero-order valence-electron chi connectivity index (χ0n) is 16.8. The van der Waals surface area contributed by atoms with E-state index in [1.807, 2.05) is 24.0 Å². The molecule has 4 rings (SSSR count). The Bertz CT molecular complexity index is 1230. The first-order chi connectivity index (χ1) is 14.7. The number of piperazine rings is 1. The minimum absolute atomic E-state index is 0.147. The fourth-order valence-corrected chi connectivity index (χ4v) is 4.30. The van der Waals surface area contributed by atoms with Gasteiger partial charge >= 0.3 is 0 Å². The monoisotopic (exact) mass is 461 g/mol. The molecular weight excluding hydrogens is 441 g/mol. The summed E-state index contributed by atoms with van der Waals surface area (Å²) >= 11 is 6.15. The number of hydrogen-bond acceptors (Lipinski definition) is 6. The molecular formula is C21H21ClFN5O2S. The fourth-order valence-electron chi connectivity index (χ4n) is 3.61. The summed E-state index contributed by atoms with van der Waals surface area (Å²) in [5, 5.41) is 5.43. The van der Waals surface area contributed by atoms with Crippen molar-refractivity contribution in [1.29, 1.82) is 0 Å². The number of halogens is 2. The molecule has 2 aromatic heterocycles. The van der Waals surface area contributed by atoms with Gasteiger partial charge in [-0.3, -0.25) is 0 Å². The fraction of sp³-hybridized carbons (Fsp3) is 0.238. The van der Waals surface area contributed by atoms with E-state index in [4.69, 9.17) is 16.7 Å². The highest BCUT2D eigenvalue weighted by molar-refractivity contribution is 7.89. The molecule has 0 spiro atoms. The molecule has 0 radical (unpaired) electrons. The second-order valence-electron chi connectivity index (χ2n) is 7.32. The number of rotatable bonds is 4. The molecule has 2 N–H and O–H groups in total. The van der Waals surface area contributed by atoms with Gasteiger partial charge in [-0.1, -0.05) is 17.7 Å². The van der Waals surface area contributed by atoms with Crippen molar-refractivity contribution < 1.29 is 12.8 Å². The second kappa shape index (κ2) is 8.41. The maximum atomic E-state index is 13.9. The molecule has 0 atom stereocenters. The van der Waals surface area contributed by atoms with Gasteiger partial charge in [-0.25, -0.2) is 27.9 Å². The predicted octanol–water partition coefficient (Wildman–Crippen LogP) is 3.22. The summed E-state index contributed by atoms with van der Waals surface area (Å²) in [4.78, 5) is 12.8. The van der Waals surface area contributed by atoms with E-state index in [1.54, 1.807) is 18.3 Å². The van der Waals surface area contributed by atoms with E-state index in [9.17, 15) is 12.8 Å². The second-order valence-corrected chi connectivity index (χ2v) is 9.23. The molecule has 1 aromatic carbocycles. The maximum Gasteiger partial charge on any atom is 0.255 e. The minimum atomic E-state index is -3.85. The molecule has 162 valence electrons. The van der Waals surface area contributed by atoms with Crippen molar-refractivity contribution in [2.45, 2.75) is 11.9 Å². The molecule has 1 aliphatic heterocycles. The van der Waals surface area contributed by atoms with Crippen molar-refractivity contribution in [3.63, 3.8) is 0 Å². The van der Waals surface area contributed by atoms with E-state index in [1.165, 1.54) is 18.2 Å². The molecule has 3 aromatic rings. The molecule has 0 aliphatic carbocycles. The Hall–Kier alpha value is -2.75. The molecule has 0 bridgehead atoms. The number of nitrogens with two attached hydrogens (primary N) is 1. The maximum absolute atomic E-state index is 13.9. The van der Waals surface area contributed by atoms with E-state index in [2.05, 4.69) is 14.9 Å². The van der Waals surface area contributed by atoms with E-state index >= 15 is 0 Å². The normalized spacial score (nSPS) is 14.7. The van der Waals surface area contributed by atoms with E-state index < -0.39 is 10.0 Å². The van der Waals surface area contributed by atoms with E-state index in [0.717, 1.165) is 22.5 Å². The summed E-state index contributed by atoms with van der Waals surface area (Å²) in [5.74, 6) is 0.966. The zero-order valence-corrected chi connectivity index (χ0v) is 18.4. The van der Waals surface area contributed by atoms with Gasteiger partial charge in [-0.2, -0.15) is 0 Å². The average Bonchev–Trinajstić information content (AvgIpc) is 2.76. The van der Waals surface area contributed by atoms with Crippen molar-refractivity contribution >= 4 is 33.3 Å². The van der Waals surface area contributed by atoms with Crippen LogP contribution < -0.4 is 14.9 Å². The predicted molar refractivity (Wildman–Crippen MR) is 119 cm³/mol. The number of hydrogen-bond donors (Lipinski definition) is 1. The Morgan fingerprint density at radius 2 is 1.71 bits per heavy atom. The SMILES string of the molecule is Cc1c(Cl)cc(F)cc1-c1ccnc(N2CCN(c3cccc(S(N)(=O)=O)n3)CC2)c1. The third-order valence-corrected chi connectivity index (χ3v) is 6.50. The number of nitrogens with zero attached hydrogens (tertiary/aromatic N) is 4. The van der Waals surface area contributed by atoms with E-state index in [0.29, 0.717) is 37.0 Å². The standard InChI is InChI=1S/C21H21ClFN5O2S/c1-14-17(12-16(23)13-18(14)22)15-5-6-25-20(11-15)28-9-7-27(8-10-28)19-3-2-4-21(26-19)31(24,29)30/h2-6,11-13H,7-10H2,1H3,(H2,24,29,30). The molecule has 7 nitrogen and oxygen atoms in total. The molecule has 1 fully saturated rings. The highest BCUT2D eigenvalue weighted by atomic mass is 35.5. The molecule has 1 aliphatic rings. The lowest BCUT2D eigenvalue weighted by atomic mass is 10.0. The van der Waals surface area contributed by atoms with Crippen molar-refractivity contribution in [2.75, 3.05) is 36.0 Å². The molecule has 10 heteroatoms. The summed E-state index contributed by atoms with van der Waals surface area (Å²) in [5.41, 5.74) is 2.39. The first kappa shape index (κ1) is 21.5. The Morgan fingerprint density at radius 3 is 2.39 bits per heavy atom. The quantitative estimate of drug-likeness (QED) is 0.641. The van der Waals surface area contributed by atoms with Crippen LogP contribution >= 0.6 is 11.6 Å². The van der Waals surface area contributed by atoms with Crippen LogP contribution in [0.5, 0.6) is 0 Å². The number of aromatic nitrogens is 2. The summed E-state index contributed by atoms with van der Waals surface area (Å²) < 4.78 is 37.0. The minimum Gasteiger partial charge on any atom is -0.353 e. The summed E-state index contributed by atoms with van der Waals surface area (Å²) in [6, 6.07) is 11.3. The first-order valence-electron chi connectivity index (χ1n) is 9.64. The van der Waals surface area contributed by atoms with Gasteiger partial charge in [0.05, 0.1) is 0 Å². The largest absolute Gasteiger partial charge is 0.353 e. The van der Waals surface area contributed by atoms with Crippen LogP contribution in [-0.4, -0.2) is 44.6 Å². The summed E-state index contributed by atoms with van der Waals surface area (Å²) in [6.45, 7) is 4.47. The van der Waals surface area contributed by atoms with Crippen molar-refractivity contribution in [1.82, 2.24) is 9.97 Å². The molecule has 0 amide bonds. The highest BCUT2D eigenvalue weighted by Crippen LogP contribution is 2.31. The Morgan fingerprint density at radius 1 is 1.03 bits per heavy atom. The Kier molecular flexibility index (Phi) is 5.83. The van der Waals surface area contributed by atoms with Gasteiger partial charge in [0.25, 0.3) is 10.0 Å². The first-order valence-corrected chi connectivity index (χ1v) is 11.6. The van der Waals surface area contributed by atoms with Crippen LogP contribution in [0.4, 0.5) is 16.0 Å². The van der Waals surface area contributed by atoms with Gasteiger partial charge in [0.2, 0.25) is 0 Å². The van der Waals surface area contributed by atoms with Gasteiger partial charge in [0.15, 0.2) is 5.03 Å². The lowest BCUT2D eigenvalue weighted by molar-refractivity contribution is 0.592. The average molecular weight is 462 g/mol. The van der Waals surface area contributed by atoms with Crippen LogP contribution in [0.25, 0.3) is 11.1 Å².